The lowest BCUT2D eigenvalue weighted by Crippen LogP contribution is -1.92. The number of hydrogen-bond acceptors (Lipinski definition) is 2. The topological polar surface area (TPSA) is 22.1 Å². The molecule has 1 aromatic heterocycles. The molecule has 0 saturated heterocycles. The number of alkyl halides is 1. The first kappa shape index (κ1) is 19.8. The quantitative estimate of drug-likeness (QED) is 0.296. The molecule has 0 bridgehead atoms. The molecule has 0 aliphatic rings. The minimum Gasteiger partial charge on any atom is -0.490 e. The van der Waals surface area contributed by atoms with Gasteiger partial charge in [-0.05, 0) is 55.3 Å². The molecule has 0 amide bonds. The van der Waals surface area contributed by atoms with Crippen LogP contribution in [0.3, 0.4) is 0 Å². The third kappa shape index (κ3) is 5.53. The number of halogens is 1. The van der Waals surface area contributed by atoms with Gasteiger partial charge in [-0.3, -0.25) is 4.98 Å². The van der Waals surface area contributed by atoms with Crippen molar-refractivity contribution in [3.63, 3.8) is 0 Å². The number of aromatic nitrogens is 1. The molecule has 1 atom stereocenters. The van der Waals surface area contributed by atoms with Crippen LogP contribution in [-0.2, 0) is 0 Å². The van der Waals surface area contributed by atoms with Gasteiger partial charge in [0.15, 0.2) is 0 Å². The molecule has 3 rings (SSSR count). The molecule has 2 aromatic carbocycles. The van der Waals surface area contributed by atoms with E-state index in [1.807, 2.05) is 24.4 Å². The Balaban J connectivity index is 1.68. The van der Waals surface area contributed by atoms with Crippen molar-refractivity contribution in [1.29, 1.82) is 0 Å². The second kappa shape index (κ2) is 9.84. The molecule has 28 heavy (non-hydrogen) atoms. The van der Waals surface area contributed by atoms with Crippen LogP contribution < -0.4 is 4.74 Å². The number of hydrogen-bond donors (Lipinski definition) is 0. The van der Waals surface area contributed by atoms with Crippen LogP contribution in [0, 0.1) is 0 Å². The van der Waals surface area contributed by atoms with Crippen molar-refractivity contribution in [3.05, 3.63) is 79.0 Å². The van der Waals surface area contributed by atoms with E-state index in [4.69, 9.17) is 4.74 Å². The summed E-state index contributed by atoms with van der Waals surface area (Å²) >= 11 is 0. The normalized spacial score (nSPS) is 12.4. The highest BCUT2D eigenvalue weighted by Crippen LogP contribution is 2.25. The molecule has 0 N–H and O–H groups in total. The van der Waals surface area contributed by atoms with Crippen molar-refractivity contribution in [2.75, 3.05) is 6.61 Å². The molecule has 144 valence electrons. The van der Waals surface area contributed by atoms with Gasteiger partial charge in [0.1, 0.15) is 12.4 Å². The summed E-state index contributed by atoms with van der Waals surface area (Å²) in [6.07, 6.45) is 9.50. The molecular formula is C25H26FNO. The fourth-order valence-corrected chi connectivity index (χ4v) is 3.02. The van der Waals surface area contributed by atoms with Gasteiger partial charge in [0.05, 0.1) is 11.9 Å². The molecule has 3 heteroatoms. The number of nitrogens with zero attached hydrogens (tertiary/aromatic N) is 1. The number of ether oxygens (including phenoxy) is 1. The third-order valence-electron chi connectivity index (χ3n) is 4.55. The van der Waals surface area contributed by atoms with E-state index >= 15 is 0 Å². The predicted molar refractivity (Wildman–Crippen MR) is 116 cm³/mol. The summed E-state index contributed by atoms with van der Waals surface area (Å²) in [5.41, 5.74) is 3.17. The standard InChI is InChI=1S/C25H26FNO/c1-3-15-28-24-14-13-22-17-25(27-18-23(22)16-24)21-11-9-20(10-12-21)8-6-4-5-7-19(2)26/h3,6,8-14,16-19H,1,4-5,7,15H2,2H3. The summed E-state index contributed by atoms with van der Waals surface area (Å²) in [4.78, 5) is 4.60. The van der Waals surface area contributed by atoms with Gasteiger partial charge < -0.3 is 4.74 Å². The fourth-order valence-electron chi connectivity index (χ4n) is 3.02. The van der Waals surface area contributed by atoms with Gasteiger partial charge in [0.2, 0.25) is 0 Å². The average Bonchev–Trinajstić information content (AvgIpc) is 2.71. The van der Waals surface area contributed by atoms with Crippen LogP contribution in [0.25, 0.3) is 28.1 Å². The van der Waals surface area contributed by atoms with Crippen molar-refractivity contribution < 1.29 is 9.13 Å². The fraction of sp³-hybridized carbons (Fsp3) is 0.240. The van der Waals surface area contributed by atoms with Crippen LogP contribution >= 0.6 is 0 Å². The van der Waals surface area contributed by atoms with Crippen molar-refractivity contribution in [3.8, 4) is 17.0 Å². The number of fused-ring (bicyclic) bond motifs is 1. The summed E-state index contributed by atoms with van der Waals surface area (Å²) in [6.45, 7) is 5.77. The summed E-state index contributed by atoms with van der Waals surface area (Å²) in [7, 11) is 0. The number of allylic oxidation sites excluding steroid dienone is 1. The SMILES string of the molecule is C=CCOc1ccc2cc(-c3ccc(C=CCCCC(C)F)cc3)ncc2c1. The minimum atomic E-state index is -0.714. The van der Waals surface area contributed by atoms with Crippen LogP contribution in [-0.4, -0.2) is 17.8 Å². The van der Waals surface area contributed by atoms with E-state index in [1.54, 1.807) is 13.0 Å². The second-order valence-electron chi connectivity index (χ2n) is 6.91. The first-order valence-corrected chi connectivity index (χ1v) is 9.70. The smallest absolute Gasteiger partial charge is 0.120 e. The third-order valence-corrected chi connectivity index (χ3v) is 4.55. The molecule has 2 nitrogen and oxygen atoms in total. The summed E-state index contributed by atoms with van der Waals surface area (Å²) in [6, 6.07) is 16.4. The largest absolute Gasteiger partial charge is 0.490 e. The van der Waals surface area contributed by atoms with Crippen molar-refractivity contribution >= 4 is 16.8 Å². The summed E-state index contributed by atoms with van der Waals surface area (Å²) in [5, 5.41) is 2.18. The molecule has 1 unspecified atom stereocenters. The number of rotatable bonds is 9. The van der Waals surface area contributed by atoms with Crippen LogP contribution in [0.4, 0.5) is 4.39 Å². The number of pyridine rings is 1. The maximum Gasteiger partial charge on any atom is 0.120 e. The Bertz CT molecular complexity index is 944. The van der Waals surface area contributed by atoms with E-state index in [0.717, 1.165) is 46.2 Å². The maximum absolute atomic E-state index is 12.8. The van der Waals surface area contributed by atoms with Gasteiger partial charge in [-0.2, -0.15) is 0 Å². The highest BCUT2D eigenvalue weighted by Gasteiger charge is 2.03. The molecular weight excluding hydrogens is 349 g/mol. The lowest BCUT2D eigenvalue weighted by Gasteiger charge is -2.07. The lowest BCUT2D eigenvalue weighted by atomic mass is 10.0. The highest BCUT2D eigenvalue weighted by atomic mass is 19.1. The first-order chi connectivity index (χ1) is 13.7. The van der Waals surface area contributed by atoms with E-state index < -0.39 is 6.17 Å². The molecule has 0 spiro atoms. The zero-order valence-corrected chi connectivity index (χ0v) is 16.3. The van der Waals surface area contributed by atoms with E-state index in [2.05, 4.69) is 54.0 Å². The predicted octanol–water partition coefficient (Wildman–Crippen LogP) is 7.01. The summed E-state index contributed by atoms with van der Waals surface area (Å²) in [5.74, 6) is 0.819. The van der Waals surface area contributed by atoms with Crippen molar-refractivity contribution in [2.24, 2.45) is 0 Å². The zero-order chi connectivity index (χ0) is 19.8. The van der Waals surface area contributed by atoms with Gasteiger partial charge in [-0.15, -0.1) is 0 Å². The van der Waals surface area contributed by atoms with E-state index in [9.17, 15) is 4.39 Å². The number of unbranched alkanes of at least 4 members (excludes halogenated alkanes) is 1. The van der Waals surface area contributed by atoms with Crippen LogP contribution in [0.5, 0.6) is 5.75 Å². The highest BCUT2D eigenvalue weighted by molar-refractivity contribution is 5.86. The van der Waals surface area contributed by atoms with E-state index in [1.165, 1.54) is 0 Å². The van der Waals surface area contributed by atoms with Gasteiger partial charge in [0.25, 0.3) is 0 Å². The Kier molecular flexibility index (Phi) is 6.96. The Labute approximate surface area is 166 Å². The van der Waals surface area contributed by atoms with E-state index in [-0.39, 0.29) is 0 Å². The Hall–Kier alpha value is -2.94. The van der Waals surface area contributed by atoms with Crippen LogP contribution in [0.15, 0.2) is 73.5 Å². The average molecular weight is 375 g/mol. The van der Waals surface area contributed by atoms with Crippen LogP contribution in [0.2, 0.25) is 0 Å². The van der Waals surface area contributed by atoms with Gasteiger partial charge in [-0.25, -0.2) is 4.39 Å². The van der Waals surface area contributed by atoms with Gasteiger partial charge >= 0.3 is 0 Å². The maximum atomic E-state index is 12.8. The second-order valence-corrected chi connectivity index (χ2v) is 6.91. The number of benzene rings is 2. The van der Waals surface area contributed by atoms with Crippen molar-refractivity contribution in [2.45, 2.75) is 32.4 Å². The van der Waals surface area contributed by atoms with Gasteiger partial charge in [0, 0.05) is 17.1 Å². The van der Waals surface area contributed by atoms with Crippen LogP contribution in [0.1, 0.15) is 31.7 Å². The van der Waals surface area contributed by atoms with Crippen molar-refractivity contribution in [1.82, 2.24) is 4.98 Å². The molecule has 0 aliphatic heterocycles. The molecule has 1 heterocycles. The Morgan fingerprint density at radius 2 is 1.93 bits per heavy atom. The Morgan fingerprint density at radius 3 is 2.68 bits per heavy atom. The molecule has 0 saturated carbocycles. The first-order valence-electron chi connectivity index (χ1n) is 9.70. The molecule has 0 fully saturated rings. The zero-order valence-electron chi connectivity index (χ0n) is 16.3. The molecule has 0 aliphatic carbocycles. The summed E-state index contributed by atoms with van der Waals surface area (Å²) < 4.78 is 18.4. The monoisotopic (exact) mass is 375 g/mol. The van der Waals surface area contributed by atoms with E-state index in [0.29, 0.717) is 13.0 Å². The molecule has 3 aromatic rings. The molecule has 0 radical (unpaired) electrons. The minimum absolute atomic E-state index is 0.493. The lowest BCUT2D eigenvalue weighted by molar-refractivity contribution is 0.335. The Morgan fingerprint density at radius 1 is 1.11 bits per heavy atom. The van der Waals surface area contributed by atoms with Gasteiger partial charge in [-0.1, -0.05) is 55.1 Å².